The molecule has 0 N–H and O–H groups in total. The molecule has 15 heavy (non-hydrogen) atoms. The Balaban J connectivity index is 2.27. The van der Waals surface area contributed by atoms with E-state index in [2.05, 4.69) is 0 Å². The molecule has 2 unspecified atom stereocenters. The van der Waals surface area contributed by atoms with Crippen molar-refractivity contribution in [2.24, 2.45) is 0 Å². The Morgan fingerprint density at radius 3 is 3.07 bits per heavy atom. The fourth-order valence-electron chi connectivity index (χ4n) is 1.39. The van der Waals surface area contributed by atoms with Crippen molar-refractivity contribution < 1.29 is 13.4 Å². The molecular formula is C9H8ClFO2PS+. The smallest absolute Gasteiger partial charge is 0.207 e. The van der Waals surface area contributed by atoms with Gasteiger partial charge in [-0.05, 0) is 18.2 Å². The Hall–Kier alpha value is -0.120. The van der Waals surface area contributed by atoms with Crippen LogP contribution in [0.25, 0.3) is 0 Å². The summed E-state index contributed by atoms with van der Waals surface area (Å²) in [6, 6.07) is 4.42. The van der Waals surface area contributed by atoms with Crippen molar-refractivity contribution in [1.29, 1.82) is 0 Å². The Morgan fingerprint density at radius 1 is 1.53 bits per heavy atom. The third-order valence-corrected chi connectivity index (χ3v) is 3.72. The third-order valence-electron chi connectivity index (χ3n) is 2.09. The predicted molar refractivity (Wildman–Crippen MR) is 60.1 cm³/mol. The van der Waals surface area contributed by atoms with Crippen molar-refractivity contribution in [2.75, 3.05) is 6.61 Å². The lowest BCUT2D eigenvalue weighted by molar-refractivity contribution is 0.116. The minimum absolute atomic E-state index is 0.315. The van der Waals surface area contributed by atoms with E-state index in [1.165, 1.54) is 12.1 Å². The molecule has 0 bridgehead atoms. The Morgan fingerprint density at radius 2 is 2.33 bits per heavy atom. The van der Waals surface area contributed by atoms with Gasteiger partial charge in [-0.15, -0.1) is 9.05 Å². The van der Waals surface area contributed by atoms with Crippen LogP contribution in [-0.2, 0) is 20.9 Å². The highest BCUT2D eigenvalue weighted by Crippen LogP contribution is 2.41. The number of hydrogen-bond donors (Lipinski definition) is 0. The maximum atomic E-state index is 13.5. The van der Waals surface area contributed by atoms with E-state index in [-0.39, 0.29) is 11.9 Å². The van der Waals surface area contributed by atoms with Gasteiger partial charge in [-0.3, -0.25) is 0 Å². The monoisotopic (exact) mass is 265 g/mol. The third kappa shape index (κ3) is 2.71. The summed E-state index contributed by atoms with van der Waals surface area (Å²) in [6.45, 7) is 0.506. The summed E-state index contributed by atoms with van der Waals surface area (Å²) in [4.78, 5) is 0. The molecule has 2 rings (SSSR count). The summed E-state index contributed by atoms with van der Waals surface area (Å²) in [5, 5.41) is 0.496. The van der Waals surface area contributed by atoms with E-state index in [1.54, 1.807) is 6.07 Å². The molecule has 1 aliphatic rings. The number of hydrogen-bond acceptors (Lipinski definition) is 3. The van der Waals surface area contributed by atoms with Crippen LogP contribution in [0.1, 0.15) is 18.1 Å². The molecule has 0 saturated carbocycles. The van der Waals surface area contributed by atoms with E-state index in [0.29, 0.717) is 23.6 Å². The highest BCUT2D eigenvalue weighted by molar-refractivity contribution is 8.00. The van der Waals surface area contributed by atoms with Crippen LogP contribution in [0, 0.1) is 5.82 Å². The summed E-state index contributed by atoms with van der Waals surface area (Å²) in [7, 11) is -1.30. The van der Waals surface area contributed by atoms with E-state index in [9.17, 15) is 4.39 Å². The van der Waals surface area contributed by atoms with Crippen molar-refractivity contribution in [3.8, 4) is 0 Å². The normalized spacial score (nSPS) is 24.1. The molecule has 0 spiro atoms. The second-order valence-corrected chi connectivity index (χ2v) is 5.35. The molecular weight excluding hydrogens is 258 g/mol. The van der Waals surface area contributed by atoms with Gasteiger partial charge >= 0.3 is 7.15 Å². The van der Waals surface area contributed by atoms with Gasteiger partial charge in [0.2, 0.25) is 11.8 Å². The van der Waals surface area contributed by atoms with Gasteiger partial charge in [0.1, 0.15) is 18.5 Å². The van der Waals surface area contributed by atoms with Crippen molar-refractivity contribution in [3.63, 3.8) is 0 Å². The topological polar surface area (TPSA) is 18.5 Å². The minimum atomic E-state index is -1.30. The average Bonchev–Trinajstić information content (AvgIpc) is 2.22. The first kappa shape index (κ1) is 11.4. The summed E-state index contributed by atoms with van der Waals surface area (Å²) in [5.74, 6) is -0.315. The van der Waals surface area contributed by atoms with Crippen LogP contribution in [0.4, 0.5) is 4.39 Å². The van der Waals surface area contributed by atoms with Crippen LogP contribution in [0.3, 0.4) is 0 Å². The first-order valence-electron chi connectivity index (χ1n) is 4.39. The van der Waals surface area contributed by atoms with Crippen LogP contribution < -0.4 is 0 Å². The highest BCUT2D eigenvalue weighted by atomic mass is 35.5. The van der Waals surface area contributed by atoms with Crippen molar-refractivity contribution in [1.82, 2.24) is 0 Å². The average molecular weight is 266 g/mol. The SMILES string of the molecule is Fc1ccc(Cl)cc1C1CCO[P+](=S)O1. The molecule has 0 aliphatic carbocycles. The summed E-state index contributed by atoms with van der Waals surface area (Å²) in [5.41, 5.74) is 0.461. The lowest BCUT2D eigenvalue weighted by Gasteiger charge is -2.15. The first-order chi connectivity index (χ1) is 7.16. The summed E-state index contributed by atoms with van der Waals surface area (Å²) < 4.78 is 23.9. The Bertz CT molecular complexity index is 402. The van der Waals surface area contributed by atoms with Gasteiger partial charge in [-0.2, -0.15) is 0 Å². The summed E-state index contributed by atoms with van der Waals surface area (Å²) in [6.07, 6.45) is 0.272. The van der Waals surface area contributed by atoms with Crippen LogP contribution >= 0.6 is 18.8 Å². The van der Waals surface area contributed by atoms with Gasteiger partial charge in [0, 0.05) is 17.0 Å². The van der Waals surface area contributed by atoms with Gasteiger partial charge in [0.25, 0.3) is 0 Å². The molecule has 2 nitrogen and oxygen atoms in total. The summed E-state index contributed by atoms with van der Waals surface area (Å²) >= 11 is 10.7. The molecule has 0 amide bonds. The van der Waals surface area contributed by atoms with Crippen LogP contribution in [0.5, 0.6) is 0 Å². The quantitative estimate of drug-likeness (QED) is 0.721. The zero-order chi connectivity index (χ0) is 10.8. The molecule has 80 valence electrons. The molecule has 1 fully saturated rings. The van der Waals surface area contributed by atoms with E-state index in [4.69, 9.17) is 32.5 Å². The van der Waals surface area contributed by atoms with Crippen LogP contribution in [0.15, 0.2) is 18.2 Å². The van der Waals surface area contributed by atoms with E-state index >= 15 is 0 Å². The molecule has 0 radical (unpaired) electrons. The van der Waals surface area contributed by atoms with Gasteiger partial charge < -0.3 is 0 Å². The van der Waals surface area contributed by atoms with Gasteiger partial charge in [0.15, 0.2) is 0 Å². The number of halogens is 2. The second kappa shape index (κ2) is 4.81. The zero-order valence-electron chi connectivity index (χ0n) is 7.65. The van der Waals surface area contributed by atoms with E-state index in [0.717, 1.165) is 0 Å². The Labute approximate surface area is 97.9 Å². The van der Waals surface area contributed by atoms with E-state index < -0.39 is 7.15 Å². The maximum absolute atomic E-state index is 13.5. The molecule has 0 aromatic heterocycles. The number of benzene rings is 1. The molecule has 1 saturated heterocycles. The highest BCUT2D eigenvalue weighted by Gasteiger charge is 2.31. The van der Waals surface area contributed by atoms with Crippen LogP contribution in [0.2, 0.25) is 5.02 Å². The van der Waals surface area contributed by atoms with Crippen molar-refractivity contribution >= 4 is 30.6 Å². The Kier molecular flexibility index (Phi) is 3.65. The standard InChI is InChI=1S/C9H8ClFO2PS/c10-6-1-2-8(11)7(5-6)9-3-4-12-14(15)13-9/h1-2,5,9H,3-4H2/q+1. The minimum Gasteiger partial charge on any atom is -0.207 e. The van der Waals surface area contributed by atoms with Gasteiger partial charge in [0.05, 0.1) is 0 Å². The molecule has 1 aromatic rings. The van der Waals surface area contributed by atoms with Gasteiger partial charge in [-0.25, -0.2) is 4.39 Å². The maximum Gasteiger partial charge on any atom is 0.522 e. The van der Waals surface area contributed by atoms with Gasteiger partial charge in [-0.1, -0.05) is 11.6 Å². The van der Waals surface area contributed by atoms with Crippen LogP contribution in [-0.4, -0.2) is 6.61 Å². The van der Waals surface area contributed by atoms with Crippen molar-refractivity contribution in [3.05, 3.63) is 34.6 Å². The predicted octanol–water partition coefficient (Wildman–Crippen LogP) is 3.73. The molecule has 1 aromatic carbocycles. The molecule has 1 heterocycles. The number of rotatable bonds is 1. The molecule has 1 aliphatic heterocycles. The largest absolute Gasteiger partial charge is 0.522 e. The fourth-order valence-corrected chi connectivity index (χ4v) is 2.85. The van der Waals surface area contributed by atoms with Crippen molar-refractivity contribution in [2.45, 2.75) is 12.5 Å². The van der Waals surface area contributed by atoms with E-state index in [1.807, 2.05) is 0 Å². The molecule has 6 heteroatoms. The zero-order valence-corrected chi connectivity index (χ0v) is 10.1. The molecule has 2 atom stereocenters. The first-order valence-corrected chi connectivity index (χ1v) is 6.95. The second-order valence-electron chi connectivity index (χ2n) is 3.11. The lowest BCUT2D eigenvalue weighted by Crippen LogP contribution is -2.10. The lowest BCUT2D eigenvalue weighted by atomic mass is 10.1. The fraction of sp³-hybridized carbons (Fsp3) is 0.333.